The second-order valence-corrected chi connectivity index (χ2v) is 6.28. The number of carbonyl (C=O) groups is 1. The summed E-state index contributed by atoms with van der Waals surface area (Å²) in [6.45, 7) is 0. The number of aromatic nitrogens is 3. The van der Waals surface area contributed by atoms with E-state index in [1.54, 1.807) is 0 Å². The van der Waals surface area contributed by atoms with Crippen LogP contribution in [0, 0.1) is 0 Å². The van der Waals surface area contributed by atoms with Crippen molar-refractivity contribution >= 4 is 21.7 Å². The zero-order valence-corrected chi connectivity index (χ0v) is 11.1. The van der Waals surface area contributed by atoms with Crippen LogP contribution in [0.3, 0.4) is 0 Å². The first-order valence-corrected chi connectivity index (χ1v) is 7.42. The average molecular weight is 296 g/mol. The van der Waals surface area contributed by atoms with Crippen molar-refractivity contribution in [1.29, 1.82) is 0 Å². The van der Waals surface area contributed by atoms with E-state index in [2.05, 4.69) is 14.9 Å². The summed E-state index contributed by atoms with van der Waals surface area (Å²) in [5, 5.41) is 15.3. The number of sulfonamides is 1. The molecule has 0 saturated heterocycles. The molecule has 0 atom stereocenters. The summed E-state index contributed by atoms with van der Waals surface area (Å²) < 4.78 is 28.2. The van der Waals surface area contributed by atoms with Crippen molar-refractivity contribution in [2.75, 3.05) is 4.72 Å². The van der Waals surface area contributed by atoms with Crippen LogP contribution < -0.4 is 4.72 Å². The van der Waals surface area contributed by atoms with Crippen LogP contribution in [0.5, 0.6) is 0 Å². The molecule has 1 aliphatic carbocycles. The van der Waals surface area contributed by atoms with Crippen LogP contribution in [0.4, 0.5) is 5.69 Å². The number of hydrogen-bond acceptors (Lipinski definition) is 4. The number of carboxylic acids is 1. The molecular formula is C11H12N4O4S. The molecule has 1 fully saturated rings. The molecule has 1 aliphatic rings. The predicted octanol–water partition coefficient (Wildman–Crippen LogP) is 1.05. The van der Waals surface area contributed by atoms with Gasteiger partial charge in [-0.2, -0.15) is 5.10 Å². The molecule has 106 valence electrons. The van der Waals surface area contributed by atoms with E-state index >= 15 is 0 Å². The number of carboxylic acid groups (broad SMARTS) is 1. The molecule has 0 bridgehead atoms. The Labute approximate surface area is 114 Å². The van der Waals surface area contributed by atoms with Crippen LogP contribution in [0.15, 0.2) is 29.6 Å². The lowest BCUT2D eigenvalue weighted by Gasteiger charge is -2.03. The molecule has 0 radical (unpaired) electrons. The number of H-pyrrole nitrogens is 1. The predicted molar refractivity (Wildman–Crippen MR) is 69.1 cm³/mol. The Balaban J connectivity index is 1.97. The van der Waals surface area contributed by atoms with Crippen molar-refractivity contribution in [2.24, 2.45) is 0 Å². The molecule has 2 heterocycles. The monoisotopic (exact) mass is 296 g/mol. The molecular weight excluding hydrogens is 284 g/mol. The highest BCUT2D eigenvalue weighted by atomic mass is 32.2. The minimum absolute atomic E-state index is 0.0138. The van der Waals surface area contributed by atoms with Crippen molar-refractivity contribution in [3.8, 4) is 0 Å². The zero-order valence-electron chi connectivity index (χ0n) is 10.3. The Kier molecular flexibility index (Phi) is 2.78. The van der Waals surface area contributed by atoms with Crippen LogP contribution in [0.1, 0.15) is 29.4 Å². The Morgan fingerprint density at radius 2 is 2.25 bits per heavy atom. The lowest BCUT2D eigenvalue weighted by Crippen LogP contribution is -2.11. The highest BCUT2D eigenvalue weighted by molar-refractivity contribution is 7.92. The van der Waals surface area contributed by atoms with Gasteiger partial charge in [-0.25, -0.2) is 13.2 Å². The molecule has 0 unspecified atom stereocenters. The van der Waals surface area contributed by atoms with E-state index < -0.39 is 16.0 Å². The molecule has 3 N–H and O–H groups in total. The van der Waals surface area contributed by atoms with Crippen molar-refractivity contribution in [3.05, 3.63) is 30.4 Å². The van der Waals surface area contributed by atoms with Gasteiger partial charge in [0.2, 0.25) is 0 Å². The quantitative estimate of drug-likeness (QED) is 0.762. The first-order valence-electron chi connectivity index (χ1n) is 5.94. The fourth-order valence-electron chi connectivity index (χ4n) is 1.95. The van der Waals surface area contributed by atoms with E-state index in [0.29, 0.717) is 5.69 Å². The van der Waals surface area contributed by atoms with Crippen LogP contribution in [0.25, 0.3) is 0 Å². The van der Waals surface area contributed by atoms with Crippen LogP contribution >= 0.6 is 0 Å². The summed E-state index contributed by atoms with van der Waals surface area (Å²) in [5.74, 6) is -1.14. The van der Waals surface area contributed by atoms with E-state index in [1.807, 2.05) is 0 Å². The Morgan fingerprint density at radius 3 is 2.80 bits per heavy atom. The van der Waals surface area contributed by atoms with Crippen LogP contribution in [-0.2, 0) is 10.0 Å². The van der Waals surface area contributed by atoms with Crippen molar-refractivity contribution in [2.45, 2.75) is 23.8 Å². The van der Waals surface area contributed by atoms with E-state index in [9.17, 15) is 13.2 Å². The molecule has 9 heteroatoms. The maximum absolute atomic E-state index is 12.2. The number of nitrogens with zero attached hydrogens (tertiary/aromatic N) is 2. The fraction of sp³-hybridized carbons (Fsp3) is 0.273. The van der Waals surface area contributed by atoms with Gasteiger partial charge in [0.05, 0.1) is 11.9 Å². The molecule has 0 aromatic carbocycles. The fourth-order valence-corrected chi connectivity index (χ4v) is 3.01. The number of aromatic carboxylic acids is 1. The second-order valence-electron chi connectivity index (χ2n) is 4.60. The lowest BCUT2D eigenvalue weighted by atomic mass is 10.4. The van der Waals surface area contributed by atoms with Gasteiger partial charge < -0.3 is 9.67 Å². The molecule has 8 nitrogen and oxygen atoms in total. The number of anilines is 1. The summed E-state index contributed by atoms with van der Waals surface area (Å²) >= 11 is 0. The highest BCUT2D eigenvalue weighted by Gasteiger charge is 2.30. The number of aromatic amines is 1. The van der Waals surface area contributed by atoms with Gasteiger partial charge in [-0.15, -0.1) is 0 Å². The van der Waals surface area contributed by atoms with E-state index in [4.69, 9.17) is 5.11 Å². The Morgan fingerprint density at radius 1 is 1.50 bits per heavy atom. The highest BCUT2D eigenvalue weighted by Crippen LogP contribution is 2.37. The summed E-state index contributed by atoms with van der Waals surface area (Å²) in [6.07, 6.45) is 5.82. The minimum Gasteiger partial charge on any atom is -0.477 e. The van der Waals surface area contributed by atoms with Gasteiger partial charge in [0, 0.05) is 18.4 Å². The number of hydrogen-bond donors (Lipinski definition) is 3. The van der Waals surface area contributed by atoms with Gasteiger partial charge in [0.1, 0.15) is 10.6 Å². The first-order chi connectivity index (χ1) is 9.47. The number of nitrogens with one attached hydrogen (secondary N) is 2. The van der Waals surface area contributed by atoms with Crippen molar-refractivity contribution in [1.82, 2.24) is 14.8 Å². The van der Waals surface area contributed by atoms with Gasteiger partial charge in [0.25, 0.3) is 10.0 Å². The maximum Gasteiger partial charge on any atom is 0.352 e. The minimum atomic E-state index is -3.82. The standard InChI is InChI=1S/C11H12N4O4S/c16-11(17)10-3-9(6-15(10)8-1-2-8)20(18,19)14-7-4-12-13-5-7/h3-6,8,14H,1-2H2,(H,12,13)(H,16,17). The smallest absolute Gasteiger partial charge is 0.352 e. The molecule has 2 aromatic heterocycles. The van der Waals surface area contributed by atoms with Gasteiger partial charge >= 0.3 is 5.97 Å². The molecule has 0 spiro atoms. The van der Waals surface area contributed by atoms with Gasteiger partial charge in [0.15, 0.2) is 0 Å². The van der Waals surface area contributed by atoms with Crippen molar-refractivity contribution < 1.29 is 18.3 Å². The first kappa shape index (κ1) is 12.7. The largest absolute Gasteiger partial charge is 0.477 e. The van der Waals surface area contributed by atoms with E-state index in [0.717, 1.165) is 12.8 Å². The van der Waals surface area contributed by atoms with Gasteiger partial charge in [-0.1, -0.05) is 0 Å². The maximum atomic E-state index is 12.2. The van der Waals surface area contributed by atoms with E-state index in [1.165, 1.54) is 29.2 Å². The van der Waals surface area contributed by atoms with Crippen molar-refractivity contribution in [3.63, 3.8) is 0 Å². The molecule has 0 amide bonds. The van der Waals surface area contributed by atoms with Crippen LogP contribution in [-0.4, -0.2) is 34.3 Å². The number of rotatable bonds is 5. The van der Waals surface area contributed by atoms with Gasteiger partial charge in [-0.3, -0.25) is 9.82 Å². The zero-order chi connectivity index (χ0) is 14.3. The third-order valence-corrected chi connectivity index (χ3v) is 4.39. The third kappa shape index (κ3) is 2.27. The molecule has 1 saturated carbocycles. The average Bonchev–Trinajstić information content (AvgIpc) is 2.90. The molecule has 0 aliphatic heterocycles. The summed E-state index contributed by atoms with van der Waals surface area (Å²) in [4.78, 5) is 11.1. The SMILES string of the molecule is O=C(O)c1cc(S(=O)(=O)Nc2cn[nH]c2)cn1C1CC1. The van der Waals surface area contributed by atoms with Gasteiger partial charge in [-0.05, 0) is 18.9 Å². The molecule has 20 heavy (non-hydrogen) atoms. The third-order valence-electron chi connectivity index (χ3n) is 3.04. The summed E-state index contributed by atoms with van der Waals surface area (Å²) in [6, 6.07) is 1.25. The summed E-state index contributed by atoms with van der Waals surface area (Å²) in [5.41, 5.74) is 0.279. The summed E-state index contributed by atoms with van der Waals surface area (Å²) in [7, 11) is -3.82. The Bertz CT molecular complexity index is 743. The van der Waals surface area contributed by atoms with E-state index in [-0.39, 0.29) is 16.6 Å². The molecule has 3 rings (SSSR count). The lowest BCUT2D eigenvalue weighted by molar-refractivity contribution is 0.0685. The molecule has 2 aromatic rings. The Hall–Kier alpha value is -2.29. The van der Waals surface area contributed by atoms with Crippen LogP contribution in [0.2, 0.25) is 0 Å². The normalized spacial score (nSPS) is 15.2. The topological polar surface area (TPSA) is 117 Å². The second kappa shape index (κ2) is 4.37.